The smallest absolute Gasteiger partial charge is 0.163 e. The number of halogens is 1. The van der Waals surface area contributed by atoms with Crippen molar-refractivity contribution in [2.24, 2.45) is 11.3 Å². The quantitative estimate of drug-likeness (QED) is 0.615. The van der Waals surface area contributed by atoms with Gasteiger partial charge in [-0.05, 0) is 39.2 Å². The first-order chi connectivity index (χ1) is 11.4. The van der Waals surface area contributed by atoms with E-state index in [9.17, 15) is 0 Å². The highest BCUT2D eigenvalue weighted by Gasteiger charge is 2.74. The molecule has 0 aromatic carbocycles. The second-order valence-electron chi connectivity index (χ2n) is 7.70. The molecular formula is C18H20ClN3O2. The molecule has 0 bridgehead atoms. The first-order valence-corrected chi connectivity index (χ1v) is 8.73. The van der Waals surface area contributed by atoms with Crippen LogP contribution in [0.1, 0.15) is 32.0 Å². The molecule has 2 saturated carbocycles. The van der Waals surface area contributed by atoms with E-state index in [0.717, 1.165) is 23.1 Å². The molecule has 2 aromatic heterocycles. The molecule has 0 amide bonds. The Balaban J connectivity index is 1.69. The zero-order chi connectivity index (χ0) is 16.9. The lowest BCUT2D eigenvalue weighted by molar-refractivity contribution is -0.159. The number of rotatable bonds is 2. The van der Waals surface area contributed by atoms with Crippen LogP contribution in [0.3, 0.4) is 0 Å². The molecule has 5 rings (SSSR count). The van der Waals surface area contributed by atoms with Crippen LogP contribution < -0.4 is 0 Å². The molecule has 24 heavy (non-hydrogen) atoms. The lowest BCUT2D eigenvalue weighted by atomic mass is 9.99. The molecule has 0 radical (unpaired) electrons. The molecule has 3 aliphatic rings. The topological polar surface area (TPSA) is 49.2 Å². The molecule has 1 saturated heterocycles. The van der Waals surface area contributed by atoms with E-state index in [4.69, 9.17) is 21.1 Å². The van der Waals surface area contributed by atoms with Crippen LogP contribution >= 0.6 is 11.6 Å². The summed E-state index contributed by atoms with van der Waals surface area (Å²) in [5.41, 5.74) is 2.01. The predicted octanol–water partition coefficient (Wildman–Crippen LogP) is 3.66. The van der Waals surface area contributed by atoms with Gasteiger partial charge in [0.1, 0.15) is 23.2 Å². The predicted molar refractivity (Wildman–Crippen MR) is 90.9 cm³/mol. The molecule has 126 valence electrons. The summed E-state index contributed by atoms with van der Waals surface area (Å²) in [7, 11) is 0. The summed E-state index contributed by atoms with van der Waals surface area (Å²) in [5, 5.41) is 1.38. The molecule has 0 N–H and O–H groups in total. The van der Waals surface area contributed by atoms with Gasteiger partial charge in [0, 0.05) is 11.1 Å². The van der Waals surface area contributed by atoms with Crippen LogP contribution in [0.5, 0.6) is 0 Å². The van der Waals surface area contributed by atoms with Crippen molar-refractivity contribution in [2.75, 3.05) is 0 Å². The van der Waals surface area contributed by atoms with Crippen molar-refractivity contribution in [3.05, 3.63) is 35.9 Å². The minimum absolute atomic E-state index is 0.000194. The number of aromatic nitrogens is 3. The average molecular weight is 346 g/mol. The van der Waals surface area contributed by atoms with Gasteiger partial charge in [-0.15, -0.1) is 6.58 Å². The summed E-state index contributed by atoms with van der Waals surface area (Å²) in [6.45, 7) is 10.1. The molecule has 3 heterocycles. The monoisotopic (exact) mass is 345 g/mol. The number of hydrogen-bond donors (Lipinski definition) is 0. The summed E-state index contributed by atoms with van der Waals surface area (Å²) in [5.74, 6) is -0.107. The molecule has 5 nitrogen and oxygen atoms in total. The van der Waals surface area contributed by atoms with E-state index in [1.807, 2.05) is 13.8 Å². The Hall–Kier alpha value is -1.43. The summed E-state index contributed by atoms with van der Waals surface area (Å²) < 4.78 is 14.8. The summed E-state index contributed by atoms with van der Waals surface area (Å²) >= 11 is 6.27. The van der Waals surface area contributed by atoms with Gasteiger partial charge >= 0.3 is 0 Å². The molecule has 3 fully saturated rings. The van der Waals surface area contributed by atoms with E-state index in [-0.39, 0.29) is 23.7 Å². The van der Waals surface area contributed by atoms with Crippen LogP contribution in [0.4, 0.5) is 0 Å². The fraction of sp³-hybridized carbons (Fsp3) is 0.556. The zero-order valence-corrected chi connectivity index (χ0v) is 14.7. The highest BCUT2D eigenvalue weighted by molar-refractivity contribution is 6.33. The van der Waals surface area contributed by atoms with Gasteiger partial charge in [-0.1, -0.05) is 17.7 Å². The molecular weight excluding hydrogens is 326 g/mol. The summed E-state index contributed by atoms with van der Waals surface area (Å²) in [4.78, 5) is 8.61. The fourth-order valence-corrected chi connectivity index (χ4v) is 5.14. The minimum atomic E-state index is -0.569. The van der Waals surface area contributed by atoms with Gasteiger partial charge in [-0.3, -0.25) is 0 Å². The fourth-order valence-electron chi connectivity index (χ4n) is 4.95. The van der Waals surface area contributed by atoms with Crippen LogP contribution in [-0.2, 0) is 9.47 Å². The van der Waals surface area contributed by atoms with Crippen molar-refractivity contribution < 1.29 is 9.47 Å². The Labute approximate surface area is 145 Å². The van der Waals surface area contributed by atoms with Gasteiger partial charge in [-0.2, -0.15) is 0 Å². The first-order valence-electron chi connectivity index (χ1n) is 8.35. The zero-order valence-electron chi connectivity index (χ0n) is 14.0. The van der Waals surface area contributed by atoms with Gasteiger partial charge in [0.15, 0.2) is 5.79 Å². The SMILES string of the molecule is C=C[C@@]12C[C@@H]1[C@@H](n1c(C)cc3c(Cl)ncnc31)[C@@H]1OC(C)(C)O[C@@H]12. The average Bonchev–Trinajstić information content (AvgIpc) is 2.92. The van der Waals surface area contributed by atoms with Crippen molar-refractivity contribution in [1.29, 1.82) is 0 Å². The highest BCUT2D eigenvalue weighted by Crippen LogP contribution is 2.72. The number of ether oxygens (including phenoxy) is 2. The third-order valence-electron chi connectivity index (χ3n) is 5.97. The Bertz CT molecular complexity index is 877. The van der Waals surface area contributed by atoms with E-state index in [1.54, 1.807) is 0 Å². The first kappa shape index (κ1) is 14.9. The number of nitrogens with zero attached hydrogens (tertiary/aromatic N) is 3. The molecule has 0 unspecified atom stereocenters. The Kier molecular flexibility index (Phi) is 2.72. The van der Waals surface area contributed by atoms with Crippen LogP contribution in [0.25, 0.3) is 11.0 Å². The number of aryl methyl sites for hydroxylation is 1. The van der Waals surface area contributed by atoms with Gasteiger partial charge < -0.3 is 14.0 Å². The van der Waals surface area contributed by atoms with E-state index >= 15 is 0 Å². The van der Waals surface area contributed by atoms with Crippen LogP contribution in [0.15, 0.2) is 25.0 Å². The van der Waals surface area contributed by atoms with Crippen LogP contribution in [-0.4, -0.2) is 32.5 Å². The normalized spacial score (nSPS) is 39.0. The minimum Gasteiger partial charge on any atom is -0.344 e. The molecule has 0 spiro atoms. The molecule has 2 aromatic rings. The number of hydrogen-bond acceptors (Lipinski definition) is 4. The molecule has 6 heteroatoms. The highest BCUT2D eigenvalue weighted by atomic mass is 35.5. The van der Waals surface area contributed by atoms with Crippen molar-refractivity contribution in [2.45, 2.75) is 51.2 Å². The maximum Gasteiger partial charge on any atom is 0.163 e. The van der Waals surface area contributed by atoms with Gasteiger partial charge in [0.2, 0.25) is 0 Å². The van der Waals surface area contributed by atoms with E-state index in [2.05, 4.69) is 40.2 Å². The standard InChI is InChI=1S/C18H20ClN3O2/c1-5-18-7-11(18)12(13-14(18)24-17(3,4)23-13)22-9(2)6-10-15(19)20-8-21-16(10)22/h5-6,8,11-14H,1,7H2,2-4H3/t11-,12-,13+,14+,18-/m1/s1. The van der Waals surface area contributed by atoms with E-state index in [0.29, 0.717) is 11.1 Å². The largest absolute Gasteiger partial charge is 0.344 e. The molecule has 5 atom stereocenters. The summed E-state index contributed by atoms with van der Waals surface area (Å²) in [6.07, 6.45) is 4.73. The van der Waals surface area contributed by atoms with Crippen LogP contribution in [0, 0.1) is 18.3 Å². The third-order valence-corrected chi connectivity index (χ3v) is 6.27. The van der Waals surface area contributed by atoms with Crippen LogP contribution in [0.2, 0.25) is 5.15 Å². The van der Waals surface area contributed by atoms with Crippen molar-refractivity contribution in [1.82, 2.24) is 14.5 Å². The lowest BCUT2D eigenvalue weighted by Gasteiger charge is -2.25. The molecule has 2 aliphatic carbocycles. The second kappa shape index (κ2) is 4.40. The Morgan fingerprint density at radius 2 is 2.17 bits per heavy atom. The van der Waals surface area contributed by atoms with Gasteiger partial charge in [-0.25, -0.2) is 9.97 Å². The van der Waals surface area contributed by atoms with Crippen molar-refractivity contribution >= 4 is 22.6 Å². The second-order valence-corrected chi connectivity index (χ2v) is 8.05. The van der Waals surface area contributed by atoms with Gasteiger partial charge in [0.25, 0.3) is 0 Å². The number of fused-ring (bicyclic) bond motifs is 4. The molecule has 1 aliphatic heterocycles. The van der Waals surface area contributed by atoms with Crippen molar-refractivity contribution in [3.8, 4) is 0 Å². The summed E-state index contributed by atoms with van der Waals surface area (Å²) in [6, 6.07) is 2.24. The lowest BCUT2D eigenvalue weighted by Crippen LogP contribution is -2.31. The van der Waals surface area contributed by atoms with E-state index < -0.39 is 5.79 Å². The van der Waals surface area contributed by atoms with E-state index in [1.165, 1.54) is 6.33 Å². The maximum atomic E-state index is 6.30. The van der Waals surface area contributed by atoms with Crippen molar-refractivity contribution in [3.63, 3.8) is 0 Å². The Morgan fingerprint density at radius 1 is 1.38 bits per heavy atom. The maximum absolute atomic E-state index is 6.30. The van der Waals surface area contributed by atoms with Gasteiger partial charge in [0.05, 0.1) is 17.5 Å². The third kappa shape index (κ3) is 1.68. The Morgan fingerprint density at radius 3 is 2.92 bits per heavy atom.